The van der Waals surface area contributed by atoms with Crippen molar-refractivity contribution >= 4 is 29.4 Å². The summed E-state index contributed by atoms with van der Waals surface area (Å²) >= 11 is 0. The normalized spacial score (nSPS) is 28.9. The quantitative estimate of drug-likeness (QED) is 0.0620. The Balaban J connectivity index is 1.41. The zero-order chi connectivity index (χ0) is 39.9. The topological polar surface area (TPSA) is 283 Å². The second-order valence-electron chi connectivity index (χ2n) is 14.1. The maximum atomic E-state index is 14.3. The fourth-order valence-corrected chi connectivity index (χ4v) is 7.70. The number of para-hydroxylation sites is 1. The number of nitrogens with one attached hydrogen (secondary N) is 3. The molecule has 3 aliphatic heterocycles. The minimum atomic E-state index is -2.51. The minimum absolute atomic E-state index is 0.0511. The molecule has 3 saturated heterocycles. The number of ether oxygens (including phenoxy) is 3. The van der Waals surface area contributed by atoms with Gasteiger partial charge in [0.1, 0.15) is 49.7 Å². The number of aldehydes is 1. The van der Waals surface area contributed by atoms with Gasteiger partial charge in [0.2, 0.25) is 12.2 Å². The molecule has 0 saturated carbocycles. The van der Waals surface area contributed by atoms with Crippen molar-refractivity contribution in [3.8, 4) is 11.5 Å². The third kappa shape index (κ3) is 6.94. The summed E-state index contributed by atoms with van der Waals surface area (Å²) in [6.07, 6.45) is -10.5. The number of amides is 1. The van der Waals surface area contributed by atoms with E-state index in [2.05, 4.69) is 16.0 Å². The number of aliphatic hydroxyl groups is 6. The molecular formula is C38H43N5O13. The van der Waals surface area contributed by atoms with E-state index in [4.69, 9.17) is 19.9 Å². The van der Waals surface area contributed by atoms with Gasteiger partial charge in [-0.1, -0.05) is 42.5 Å². The molecule has 0 aromatic heterocycles. The van der Waals surface area contributed by atoms with Crippen LogP contribution in [0.15, 0.2) is 54.6 Å². The van der Waals surface area contributed by atoms with Crippen molar-refractivity contribution < 1.29 is 64.0 Å². The van der Waals surface area contributed by atoms with Gasteiger partial charge >= 0.3 is 0 Å². The highest BCUT2D eigenvalue weighted by molar-refractivity contribution is 6.29. The van der Waals surface area contributed by atoms with E-state index in [-0.39, 0.29) is 64.7 Å². The Bertz CT molecular complexity index is 2020. The maximum absolute atomic E-state index is 14.3. The van der Waals surface area contributed by atoms with Gasteiger partial charge in [0.05, 0.1) is 24.9 Å². The second-order valence-corrected chi connectivity index (χ2v) is 14.1. The van der Waals surface area contributed by atoms with Crippen molar-refractivity contribution in [2.75, 3.05) is 31.4 Å². The number of hydrogen-bond donors (Lipinski definition) is 10. The van der Waals surface area contributed by atoms with E-state index in [1.54, 1.807) is 30.3 Å². The fraction of sp³-hybridized carbons (Fsp3) is 0.421. The summed E-state index contributed by atoms with van der Waals surface area (Å²) in [6.45, 7) is -1.85. The van der Waals surface area contributed by atoms with E-state index < -0.39 is 92.6 Å². The molecule has 7 rings (SSSR count). The fourth-order valence-electron chi connectivity index (χ4n) is 7.70. The molecule has 18 nitrogen and oxygen atoms in total. The molecule has 9 atom stereocenters. The summed E-state index contributed by atoms with van der Waals surface area (Å²) in [7, 11) is 0. The van der Waals surface area contributed by atoms with Gasteiger partial charge in [-0.25, -0.2) is 0 Å². The number of nitrogens with two attached hydrogens (primary N) is 1. The molecule has 298 valence electrons. The number of fused-ring (bicyclic) bond motifs is 3. The zero-order valence-corrected chi connectivity index (χ0v) is 29.9. The number of aliphatic hydroxyl groups excluding tert-OH is 5. The molecular weight excluding hydrogens is 734 g/mol. The first-order chi connectivity index (χ1) is 26.9. The van der Waals surface area contributed by atoms with Gasteiger partial charge in [0.25, 0.3) is 0 Å². The van der Waals surface area contributed by atoms with E-state index in [0.29, 0.717) is 17.5 Å². The first-order valence-corrected chi connectivity index (χ1v) is 18.1. The van der Waals surface area contributed by atoms with Gasteiger partial charge in [0, 0.05) is 53.8 Å². The van der Waals surface area contributed by atoms with Crippen LogP contribution in [0.2, 0.25) is 0 Å². The van der Waals surface area contributed by atoms with Gasteiger partial charge in [0.15, 0.2) is 28.7 Å². The molecule has 3 aromatic carbocycles. The third-order valence-electron chi connectivity index (χ3n) is 10.6. The van der Waals surface area contributed by atoms with Crippen LogP contribution in [-0.2, 0) is 20.7 Å². The summed E-state index contributed by atoms with van der Waals surface area (Å²) in [6, 6.07) is 14.1. The first kappa shape index (κ1) is 39.4. The molecule has 3 aromatic rings. The maximum Gasteiger partial charge on any atom is 0.242 e. The highest BCUT2D eigenvalue weighted by Crippen LogP contribution is 2.46. The Hall–Kier alpha value is -4.86. The van der Waals surface area contributed by atoms with Crippen LogP contribution >= 0.6 is 0 Å². The number of anilines is 1. The molecule has 4 aliphatic rings. The number of ketones is 2. The molecule has 0 spiro atoms. The number of hydrogen-bond acceptors (Lipinski definition) is 17. The van der Waals surface area contributed by atoms with Crippen molar-refractivity contribution in [3.63, 3.8) is 0 Å². The monoisotopic (exact) mass is 777 g/mol. The number of benzene rings is 3. The van der Waals surface area contributed by atoms with Crippen LogP contribution in [0.1, 0.15) is 55.8 Å². The van der Waals surface area contributed by atoms with Crippen LogP contribution in [0.3, 0.4) is 0 Å². The van der Waals surface area contributed by atoms with Gasteiger partial charge in [-0.3, -0.25) is 30.8 Å². The molecule has 1 amide bonds. The SMILES string of the molecule is N[C@@H]1NC(=O)[C@@H]2NCN(c3ccccc3Cc3cc4c(c(OC[C@H](O)CC=O)c3O[C@H]3O[C@@H](CO)[C@H](O)[C@@H](O)[C@@]3(O)CCO)C(=O)c3ccccc3C4=O)[C@H]2N1. The minimum Gasteiger partial charge on any atom is -0.486 e. The van der Waals surface area contributed by atoms with E-state index in [1.807, 2.05) is 11.0 Å². The van der Waals surface area contributed by atoms with Gasteiger partial charge in [-0.2, -0.15) is 0 Å². The van der Waals surface area contributed by atoms with Crippen molar-refractivity contribution in [2.24, 2.45) is 5.73 Å². The van der Waals surface area contributed by atoms with Gasteiger partial charge < -0.3 is 59.9 Å². The molecule has 0 radical (unpaired) electrons. The van der Waals surface area contributed by atoms with Gasteiger partial charge in [-0.05, 0) is 17.7 Å². The lowest BCUT2D eigenvalue weighted by Gasteiger charge is -2.47. The summed E-state index contributed by atoms with van der Waals surface area (Å²) in [5.41, 5.74) is 4.83. The van der Waals surface area contributed by atoms with E-state index >= 15 is 0 Å². The Labute approximate surface area is 319 Å². The van der Waals surface area contributed by atoms with Crippen LogP contribution < -0.4 is 36.1 Å². The first-order valence-electron chi connectivity index (χ1n) is 18.1. The highest BCUT2D eigenvalue weighted by Gasteiger charge is 2.56. The largest absolute Gasteiger partial charge is 0.486 e. The van der Waals surface area contributed by atoms with Crippen LogP contribution in [0.5, 0.6) is 11.5 Å². The summed E-state index contributed by atoms with van der Waals surface area (Å²) in [5.74, 6) is -2.11. The average Bonchev–Trinajstić information content (AvgIpc) is 3.61. The molecule has 0 bridgehead atoms. The Morgan fingerprint density at radius 1 is 1.00 bits per heavy atom. The standard InChI is InChI=1S/C38H43N5O13/c39-37-41-34-27(35(52)42-37)40-17-43(34)24-8-4-1-5-18(24)13-19-14-23-26(29(49)22-7-3-2-6-21(22)28(23)48)32(54-16-20(47)9-11-44)31(19)56-36-38(53,10-12-45)33(51)30(50)25(15-46)55-36/h1-8,11,14,20,25,27,30,33-34,36-37,40-41,45-47,50-51,53H,9-10,12-13,15-17,39H2,(H,42,52)/t20-,25+,27-,30+,33-,34-,36-,37+,38+/m1/s1. The Morgan fingerprint density at radius 2 is 1.71 bits per heavy atom. The number of carbonyl (C=O) groups is 4. The van der Waals surface area contributed by atoms with Crippen molar-refractivity contribution in [3.05, 3.63) is 88.0 Å². The number of rotatable bonds is 13. The third-order valence-corrected chi connectivity index (χ3v) is 10.6. The number of carbonyl (C=O) groups excluding carboxylic acids is 4. The predicted octanol–water partition coefficient (Wildman–Crippen LogP) is -2.66. The highest BCUT2D eigenvalue weighted by atomic mass is 16.7. The zero-order valence-electron chi connectivity index (χ0n) is 29.9. The van der Waals surface area contributed by atoms with E-state index in [9.17, 15) is 49.8 Å². The molecule has 0 unspecified atom stereocenters. The van der Waals surface area contributed by atoms with Gasteiger partial charge in [-0.15, -0.1) is 0 Å². The van der Waals surface area contributed by atoms with Crippen LogP contribution in [0.4, 0.5) is 5.69 Å². The molecule has 3 heterocycles. The Kier molecular flexibility index (Phi) is 11.2. The molecule has 56 heavy (non-hydrogen) atoms. The van der Waals surface area contributed by atoms with Crippen LogP contribution in [0, 0.1) is 0 Å². The molecule has 18 heteroatoms. The van der Waals surface area contributed by atoms with Crippen molar-refractivity contribution in [2.45, 2.75) is 74.1 Å². The van der Waals surface area contributed by atoms with Crippen LogP contribution in [-0.4, -0.2) is 136 Å². The summed E-state index contributed by atoms with van der Waals surface area (Å²) in [5, 5.41) is 73.2. The predicted molar refractivity (Wildman–Crippen MR) is 194 cm³/mol. The summed E-state index contributed by atoms with van der Waals surface area (Å²) in [4.78, 5) is 54.5. The van der Waals surface area contributed by atoms with Crippen molar-refractivity contribution in [1.29, 1.82) is 0 Å². The van der Waals surface area contributed by atoms with Crippen molar-refractivity contribution in [1.82, 2.24) is 16.0 Å². The number of nitrogens with zero attached hydrogens (tertiary/aromatic N) is 1. The smallest absolute Gasteiger partial charge is 0.242 e. The lowest BCUT2D eigenvalue weighted by molar-refractivity contribution is -0.323. The molecule has 1 aliphatic carbocycles. The average molecular weight is 778 g/mol. The van der Waals surface area contributed by atoms with E-state index in [0.717, 1.165) is 0 Å². The summed E-state index contributed by atoms with van der Waals surface area (Å²) < 4.78 is 18.3. The lowest BCUT2D eigenvalue weighted by Crippen LogP contribution is -2.70. The van der Waals surface area contributed by atoms with Crippen LogP contribution in [0.25, 0.3) is 0 Å². The lowest BCUT2D eigenvalue weighted by atomic mass is 9.81. The molecule has 11 N–H and O–H groups in total. The Morgan fingerprint density at radius 3 is 2.43 bits per heavy atom. The molecule has 3 fully saturated rings. The second kappa shape index (κ2) is 15.9. The van der Waals surface area contributed by atoms with E-state index in [1.165, 1.54) is 18.2 Å².